The lowest BCUT2D eigenvalue weighted by atomic mass is 10.0. The predicted octanol–water partition coefficient (Wildman–Crippen LogP) is 2.67. The van der Waals surface area contributed by atoms with Crippen molar-refractivity contribution in [1.29, 1.82) is 0 Å². The van der Waals surface area contributed by atoms with Crippen molar-refractivity contribution in [3.05, 3.63) is 58.7 Å². The molecule has 0 radical (unpaired) electrons. The van der Waals surface area contributed by atoms with Crippen molar-refractivity contribution in [3.8, 4) is 11.5 Å². The lowest BCUT2D eigenvalue weighted by Crippen LogP contribution is -2.31. The summed E-state index contributed by atoms with van der Waals surface area (Å²) in [5.74, 6) is -0.451. The first-order chi connectivity index (χ1) is 12.3. The zero-order chi connectivity index (χ0) is 19.3. The van der Waals surface area contributed by atoms with E-state index >= 15 is 0 Å². The molecule has 0 spiro atoms. The Morgan fingerprint density at radius 2 is 1.88 bits per heavy atom. The second kappa shape index (κ2) is 8.38. The molecule has 2 rings (SSSR count). The smallest absolute Gasteiger partial charge is 0.258 e. The average Bonchev–Trinajstić information content (AvgIpc) is 2.61. The number of nitrogens with one attached hydrogen (secondary N) is 1. The van der Waals surface area contributed by atoms with Gasteiger partial charge in [0.1, 0.15) is 0 Å². The summed E-state index contributed by atoms with van der Waals surface area (Å²) in [7, 11) is 1.45. The van der Waals surface area contributed by atoms with Gasteiger partial charge in [0.2, 0.25) is 0 Å². The van der Waals surface area contributed by atoms with E-state index in [9.17, 15) is 9.59 Å². The van der Waals surface area contributed by atoms with E-state index in [1.807, 2.05) is 39.0 Å². The normalized spacial score (nSPS) is 11.5. The van der Waals surface area contributed by atoms with Gasteiger partial charge < -0.3 is 20.5 Å². The third-order valence-corrected chi connectivity index (χ3v) is 4.22. The van der Waals surface area contributed by atoms with Gasteiger partial charge in [-0.3, -0.25) is 9.59 Å². The molecule has 6 nitrogen and oxygen atoms in total. The fourth-order valence-electron chi connectivity index (χ4n) is 2.56. The van der Waals surface area contributed by atoms with E-state index in [0.29, 0.717) is 5.75 Å². The van der Waals surface area contributed by atoms with Crippen molar-refractivity contribution in [2.75, 3.05) is 13.7 Å². The summed E-state index contributed by atoms with van der Waals surface area (Å²) in [6, 6.07) is 10.7. The third-order valence-electron chi connectivity index (χ3n) is 4.22. The number of amides is 2. The molecule has 0 aliphatic carbocycles. The quantitative estimate of drug-likeness (QED) is 0.798. The molecule has 1 atom stereocenters. The van der Waals surface area contributed by atoms with Gasteiger partial charge in [-0.05, 0) is 49.6 Å². The molecule has 0 bridgehead atoms. The molecule has 0 fully saturated rings. The maximum atomic E-state index is 12.2. The van der Waals surface area contributed by atoms with E-state index in [4.69, 9.17) is 15.2 Å². The molecule has 0 aromatic heterocycles. The van der Waals surface area contributed by atoms with Gasteiger partial charge in [0.25, 0.3) is 11.8 Å². The summed E-state index contributed by atoms with van der Waals surface area (Å²) >= 11 is 0. The van der Waals surface area contributed by atoms with Crippen LogP contribution >= 0.6 is 0 Å². The molecule has 0 heterocycles. The fourth-order valence-corrected chi connectivity index (χ4v) is 2.56. The molecule has 1 unspecified atom stereocenters. The van der Waals surface area contributed by atoms with Crippen LogP contribution in [0.4, 0.5) is 0 Å². The monoisotopic (exact) mass is 356 g/mol. The molecule has 0 aliphatic heterocycles. The Hall–Kier alpha value is -3.02. The fraction of sp³-hybridized carbons (Fsp3) is 0.300. The van der Waals surface area contributed by atoms with Gasteiger partial charge in [-0.1, -0.05) is 24.3 Å². The molecule has 3 N–H and O–H groups in total. The SMILES string of the molecule is COc1cccc(C(N)=O)c1OCC(=O)NC(C)c1ccc(C)c(C)c1. The highest BCUT2D eigenvalue weighted by molar-refractivity contribution is 5.96. The minimum absolute atomic E-state index is 0.163. The van der Waals surface area contributed by atoms with Crippen LogP contribution in [0, 0.1) is 13.8 Å². The van der Waals surface area contributed by atoms with E-state index in [-0.39, 0.29) is 29.9 Å². The van der Waals surface area contributed by atoms with Crippen LogP contribution in [0.15, 0.2) is 36.4 Å². The molecule has 0 saturated carbocycles. The van der Waals surface area contributed by atoms with Gasteiger partial charge >= 0.3 is 0 Å². The largest absolute Gasteiger partial charge is 0.493 e. The zero-order valence-electron chi connectivity index (χ0n) is 15.5. The minimum Gasteiger partial charge on any atom is -0.493 e. The highest BCUT2D eigenvalue weighted by Gasteiger charge is 2.17. The Balaban J connectivity index is 2.05. The second-order valence-electron chi connectivity index (χ2n) is 6.12. The third kappa shape index (κ3) is 4.53. The number of hydrogen-bond donors (Lipinski definition) is 2. The van der Waals surface area contributed by atoms with Crippen LogP contribution in [0.25, 0.3) is 0 Å². The molecule has 0 saturated heterocycles. The van der Waals surface area contributed by atoms with Crippen LogP contribution < -0.4 is 20.5 Å². The number of hydrogen-bond acceptors (Lipinski definition) is 4. The van der Waals surface area contributed by atoms with E-state index in [0.717, 1.165) is 5.56 Å². The number of rotatable bonds is 7. The van der Waals surface area contributed by atoms with Gasteiger partial charge in [0, 0.05) is 0 Å². The van der Waals surface area contributed by atoms with E-state index in [1.54, 1.807) is 12.1 Å². The maximum absolute atomic E-state index is 12.2. The number of aryl methyl sites for hydroxylation is 2. The summed E-state index contributed by atoms with van der Waals surface area (Å²) in [6.45, 7) is 5.72. The molecule has 6 heteroatoms. The van der Waals surface area contributed by atoms with Crippen molar-refractivity contribution in [3.63, 3.8) is 0 Å². The highest BCUT2D eigenvalue weighted by Crippen LogP contribution is 2.30. The highest BCUT2D eigenvalue weighted by atomic mass is 16.5. The first-order valence-electron chi connectivity index (χ1n) is 8.29. The predicted molar refractivity (Wildman–Crippen MR) is 99.5 cm³/mol. The van der Waals surface area contributed by atoms with Gasteiger partial charge in [0.05, 0.1) is 18.7 Å². The topological polar surface area (TPSA) is 90.7 Å². The lowest BCUT2D eigenvalue weighted by Gasteiger charge is -2.17. The van der Waals surface area contributed by atoms with Crippen molar-refractivity contribution >= 4 is 11.8 Å². The number of methoxy groups -OCH3 is 1. The summed E-state index contributed by atoms with van der Waals surface area (Å²) in [6.07, 6.45) is 0. The zero-order valence-corrected chi connectivity index (χ0v) is 15.5. The number of benzene rings is 2. The molecule has 0 aliphatic rings. The van der Waals surface area contributed by atoms with Gasteiger partial charge in [0.15, 0.2) is 18.1 Å². The van der Waals surface area contributed by atoms with E-state index in [2.05, 4.69) is 5.32 Å². The summed E-state index contributed by atoms with van der Waals surface area (Å²) in [5, 5.41) is 2.88. The van der Waals surface area contributed by atoms with Crippen molar-refractivity contribution in [2.24, 2.45) is 5.73 Å². The Bertz CT molecular complexity index is 817. The molecular formula is C20H24N2O4. The van der Waals surface area contributed by atoms with Gasteiger partial charge in [-0.15, -0.1) is 0 Å². The average molecular weight is 356 g/mol. The second-order valence-corrected chi connectivity index (χ2v) is 6.12. The summed E-state index contributed by atoms with van der Waals surface area (Å²) < 4.78 is 10.7. The van der Waals surface area contributed by atoms with Crippen LogP contribution in [-0.2, 0) is 4.79 Å². The first kappa shape index (κ1) is 19.3. The Kier molecular flexibility index (Phi) is 6.22. The van der Waals surface area contributed by atoms with Crippen LogP contribution in [0.5, 0.6) is 11.5 Å². The molecule has 2 aromatic carbocycles. The van der Waals surface area contributed by atoms with Crippen molar-refractivity contribution in [2.45, 2.75) is 26.8 Å². The molecular weight excluding hydrogens is 332 g/mol. The summed E-state index contributed by atoms with van der Waals surface area (Å²) in [4.78, 5) is 23.8. The van der Waals surface area contributed by atoms with Crippen LogP contribution in [0.3, 0.4) is 0 Å². The number of carbonyl (C=O) groups excluding carboxylic acids is 2. The Labute approximate surface area is 153 Å². The first-order valence-corrected chi connectivity index (χ1v) is 8.29. The van der Waals surface area contributed by atoms with Crippen LogP contribution in [0.1, 0.15) is 40.0 Å². The van der Waals surface area contributed by atoms with Crippen LogP contribution in [-0.4, -0.2) is 25.5 Å². The molecule has 26 heavy (non-hydrogen) atoms. The standard InChI is InChI=1S/C20H24N2O4/c1-12-8-9-15(10-13(12)2)14(3)22-18(23)11-26-19-16(20(21)24)6-5-7-17(19)25-4/h5-10,14H,11H2,1-4H3,(H2,21,24)(H,22,23). The summed E-state index contributed by atoms with van der Waals surface area (Å²) in [5.41, 5.74) is 8.90. The van der Waals surface area contributed by atoms with Gasteiger partial charge in [-0.25, -0.2) is 0 Å². The molecule has 2 aromatic rings. The van der Waals surface area contributed by atoms with Crippen molar-refractivity contribution < 1.29 is 19.1 Å². The Morgan fingerprint density at radius 1 is 1.15 bits per heavy atom. The van der Waals surface area contributed by atoms with Crippen LogP contribution in [0.2, 0.25) is 0 Å². The lowest BCUT2D eigenvalue weighted by molar-refractivity contribution is -0.123. The minimum atomic E-state index is -0.650. The number of para-hydroxylation sites is 1. The number of primary amides is 1. The number of ether oxygens (including phenoxy) is 2. The number of carbonyl (C=O) groups is 2. The number of nitrogens with two attached hydrogens (primary N) is 1. The van der Waals surface area contributed by atoms with E-state index < -0.39 is 5.91 Å². The van der Waals surface area contributed by atoms with Gasteiger partial charge in [-0.2, -0.15) is 0 Å². The molecule has 2 amide bonds. The maximum Gasteiger partial charge on any atom is 0.258 e. The van der Waals surface area contributed by atoms with E-state index in [1.165, 1.54) is 24.3 Å². The van der Waals surface area contributed by atoms with Crippen molar-refractivity contribution in [1.82, 2.24) is 5.32 Å². The Morgan fingerprint density at radius 3 is 2.50 bits per heavy atom. The molecule has 138 valence electrons.